The molecular weight excluding hydrogens is 364 g/mol. The van der Waals surface area contributed by atoms with Gasteiger partial charge in [-0.1, -0.05) is 60.7 Å². The maximum Gasteiger partial charge on any atom is 0.265 e. The van der Waals surface area contributed by atoms with E-state index in [1.54, 1.807) is 25.3 Å². The number of nitrogens with one attached hydrogen (secondary N) is 1. The van der Waals surface area contributed by atoms with Crippen molar-refractivity contribution < 1.29 is 14.3 Å². The van der Waals surface area contributed by atoms with E-state index in [-0.39, 0.29) is 5.91 Å². The highest BCUT2D eigenvalue weighted by Crippen LogP contribution is 2.28. The first kappa shape index (κ1) is 20.4. The Labute approximate surface area is 171 Å². The molecule has 0 aliphatic rings. The Bertz CT molecular complexity index is 872. The molecule has 0 spiro atoms. The highest BCUT2D eigenvalue weighted by molar-refractivity contribution is 5.94. The fourth-order valence-electron chi connectivity index (χ4n) is 3.03. The second kappa shape index (κ2) is 10.3. The van der Waals surface area contributed by atoms with Gasteiger partial charge in [0.1, 0.15) is 0 Å². The van der Waals surface area contributed by atoms with Crippen molar-refractivity contribution in [2.75, 3.05) is 13.7 Å². The van der Waals surface area contributed by atoms with Crippen molar-refractivity contribution in [2.24, 2.45) is 0 Å². The van der Waals surface area contributed by atoms with Gasteiger partial charge in [0.25, 0.3) is 5.91 Å². The molecule has 1 amide bonds. The first-order chi connectivity index (χ1) is 14.2. The quantitative estimate of drug-likeness (QED) is 0.549. The van der Waals surface area contributed by atoms with Crippen LogP contribution in [0.15, 0.2) is 78.9 Å². The number of methoxy groups -OCH3 is 1. The molecule has 0 fully saturated rings. The molecule has 5 nitrogen and oxygen atoms in total. The van der Waals surface area contributed by atoms with Gasteiger partial charge in [-0.15, -0.1) is 0 Å². The van der Waals surface area contributed by atoms with Crippen LogP contribution in [0.25, 0.3) is 0 Å². The molecule has 3 aromatic rings. The fraction of sp³-hybridized carbons (Fsp3) is 0.208. The molecule has 0 radical (unpaired) electrons. The predicted molar refractivity (Wildman–Crippen MR) is 114 cm³/mol. The fourth-order valence-corrected chi connectivity index (χ4v) is 3.03. The maximum atomic E-state index is 12.9. The first-order valence-corrected chi connectivity index (χ1v) is 9.64. The van der Waals surface area contributed by atoms with Crippen LogP contribution in [-0.4, -0.2) is 24.6 Å². The van der Waals surface area contributed by atoms with E-state index in [9.17, 15) is 4.79 Å². The number of carbonyl (C=O) groups excluding carboxylic acids is 1. The summed E-state index contributed by atoms with van der Waals surface area (Å²) in [6.07, 6.45) is 0. The summed E-state index contributed by atoms with van der Waals surface area (Å²) in [6.45, 7) is 3.63. The van der Waals surface area contributed by atoms with Crippen molar-refractivity contribution >= 4 is 5.91 Å². The molecule has 5 heteroatoms. The smallest absolute Gasteiger partial charge is 0.265 e. The third kappa shape index (κ3) is 5.83. The summed E-state index contributed by atoms with van der Waals surface area (Å²) in [5.41, 5.74) is 5.78. The molecule has 3 rings (SSSR count). The molecule has 150 valence electrons. The lowest BCUT2D eigenvalue weighted by Crippen LogP contribution is -2.41. The van der Waals surface area contributed by atoms with Crippen LogP contribution in [0.4, 0.5) is 0 Å². The SMILES string of the molecule is CCOc1ccc(C(=O)NN(Cc2ccccc2)Cc2ccccc2)cc1OC. The van der Waals surface area contributed by atoms with Crippen LogP contribution in [0.5, 0.6) is 11.5 Å². The Hall–Kier alpha value is -3.31. The van der Waals surface area contributed by atoms with Gasteiger partial charge in [-0.05, 0) is 36.2 Å². The van der Waals surface area contributed by atoms with Gasteiger partial charge < -0.3 is 9.47 Å². The van der Waals surface area contributed by atoms with Crippen LogP contribution >= 0.6 is 0 Å². The summed E-state index contributed by atoms with van der Waals surface area (Å²) in [5, 5.41) is 1.91. The molecule has 1 N–H and O–H groups in total. The summed E-state index contributed by atoms with van der Waals surface area (Å²) < 4.78 is 10.9. The Kier molecular flexibility index (Phi) is 7.25. The monoisotopic (exact) mass is 390 g/mol. The van der Waals surface area contributed by atoms with Crippen LogP contribution in [0, 0.1) is 0 Å². The molecule has 0 aliphatic carbocycles. The standard InChI is InChI=1S/C24H26N2O3/c1-3-29-22-15-14-21(16-23(22)28-2)24(27)25-26(17-19-10-6-4-7-11-19)18-20-12-8-5-9-13-20/h4-16H,3,17-18H2,1-2H3,(H,25,27). The summed E-state index contributed by atoms with van der Waals surface area (Å²) >= 11 is 0. The van der Waals surface area contributed by atoms with Gasteiger partial charge >= 0.3 is 0 Å². The largest absolute Gasteiger partial charge is 0.493 e. The third-order valence-corrected chi connectivity index (χ3v) is 4.42. The van der Waals surface area contributed by atoms with Crippen molar-refractivity contribution in [1.29, 1.82) is 0 Å². The first-order valence-electron chi connectivity index (χ1n) is 9.64. The lowest BCUT2D eigenvalue weighted by Gasteiger charge is -2.24. The number of benzene rings is 3. The van der Waals surface area contributed by atoms with E-state index in [1.165, 1.54) is 0 Å². The van der Waals surface area contributed by atoms with Gasteiger partial charge in [0.15, 0.2) is 11.5 Å². The van der Waals surface area contributed by atoms with Crippen LogP contribution in [0.1, 0.15) is 28.4 Å². The van der Waals surface area contributed by atoms with Crippen molar-refractivity contribution in [1.82, 2.24) is 10.4 Å². The minimum Gasteiger partial charge on any atom is -0.493 e. The number of nitrogens with zero attached hydrogens (tertiary/aromatic N) is 1. The lowest BCUT2D eigenvalue weighted by atomic mass is 10.1. The summed E-state index contributed by atoms with van der Waals surface area (Å²) in [6, 6.07) is 25.3. The second-order valence-corrected chi connectivity index (χ2v) is 6.57. The average molecular weight is 390 g/mol. The Morgan fingerprint density at radius 1 is 0.862 bits per heavy atom. The highest BCUT2D eigenvalue weighted by Gasteiger charge is 2.15. The molecule has 0 atom stereocenters. The van der Waals surface area contributed by atoms with Crippen LogP contribution in [0.3, 0.4) is 0 Å². The average Bonchev–Trinajstić information content (AvgIpc) is 2.75. The zero-order chi connectivity index (χ0) is 20.5. The number of ether oxygens (including phenoxy) is 2. The number of carbonyl (C=O) groups is 1. The molecular formula is C24H26N2O3. The molecule has 29 heavy (non-hydrogen) atoms. The van der Waals surface area contributed by atoms with E-state index in [2.05, 4.69) is 5.43 Å². The van der Waals surface area contributed by atoms with Crippen molar-refractivity contribution in [3.05, 3.63) is 95.6 Å². The highest BCUT2D eigenvalue weighted by atomic mass is 16.5. The summed E-state index contributed by atoms with van der Waals surface area (Å²) in [7, 11) is 1.57. The Morgan fingerprint density at radius 2 is 1.45 bits per heavy atom. The third-order valence-electron chi connectivity index (χ3n) is 4.42. The topological polar surface area (TPSA) is 50.8 Å². The minimum atomic E-state index is -0.196. The number of hydrogen-bond donors (Lipinski definition) is 1. The molecule has 0 saturated carbocycles. The van der Waals surface area contributed by atoms with Crippen molar-refractivity contribution in [2.45, 2.75) is 20.0 Å². The number of amides is 1. The molecule has 0 aromatic heterocycles. The molecule has 0 unspecified atom stereocenters. The van der Waals surface area contributed by atoms with Gasteiger partial charge in [0.2, 0.25) is 0 Å². The van der Waals surface area contributed by atoms with E-state index >= 15 is 0 Å². The zero-order valence-electron chi connectivity index (χ0n) is 16.8. The predicted octanol–water partition coefficient (Wildman–Crippen LogP) is 4.44. The minimum absolute atomic E-state index is 0.196. The summed E-state index contributed by atoms with van der Waals surface area (Å²) in [4.78, 5) is 12.9. The van der Waals surface area contributed by atoms with E-state index in [0.717, 1.165) is 11.1 Å². The zero-order valence-corrected chi connectivity index (χ0v) is 16.8. The van der Waals surface area contributed by atoms with Crippen LogP contribution in [-0.2, 0) is 13.1 Å². The second-order valence-electron chi connectivity index (χ2n) is 6.57. The number of rotatable bonds is 9. The number of hydrazine groups is 1. The molecule has 0 heterocycles. The van der Waals surface area contributed by atoms with Crippen molar-refractivity contribution in [3.63, 3.8) is 0 Å². The van der Waals surface area contributed by atoms with Gasteiger partial charge in [0.05, 0.1) is 13.7 Å². The Morgan fingerprint density at radius 3 is 1.97 bits per heavy atom. The normalized spacial score (nSPS) is 10.6. The number of hydrogen-bond acceptors (Lipinski definition) is 4. The van der Waals surface area contributed by atoms with Crippen LogP contribution < -0.4 is 14.9 Å². The lowest BCUT2D eigenvalue weighted by molar-refractivity contribution is 0.0759. The maximum absolute atomic E-state index is 12.9. The van der Waals surface area contributed by atoms with Crippen molar-refractivity contribution in [3.8, 4) is 11.5 Å². The molecule has 0 aliphatic heterocycles. The van der Waals surface area contributed by atoms with Gasteiger partial charge in [-0.2, -0.15) is 0 Å². The van der Waals surface area contributed by atoms with Gasteiger partial charge in [0, 0.05) is 18.7 Å². The van der Waals surface area contributed by atoms with E-state index < -0.39 is 0 Å². The molecule has 0 bridgehead atoms. The van der Waals surface area contributed by atoms with E-state index in [1.807, 2.05) is 72.6 Å². The van der Waals surface area contributed by atoms with E-state index in [4.69, 9.17) is 9.47 Å². The summed E-state index contributed by atoms with van der Waals surface area (Å²) in [5.74, 6) is 0.965. The van der Waals surface area contributed by atoms with Crippen LogP contribution in [0.2, 0.25) is 0 Å². The molecule has 0 saturated heterocycles. The Balaban J connectivity index is 1.78. The van der Waals surface area contributed by atoms with Gasteiger partial charge in [-0.25, -0.2) is 5.01 Å². The molecule has 3 aromatic carbocycles. The van der Waals surface area contributed by atoms with Gasteiger partial charge in [-0.3, -0.25) is 10.2 Å². The van der Waals surface area contributed by atoms with E-state index in [0.29, 0.717) is 36.8 Å².